The third-order valence-electron chi connectivity index (χ3n) is 14.7. The molecule has 4 heteroatoms. The summed E-state index contributed by atoms with van der Waals surface area (Å²) in [6, 6.07) is 39.8. The topological polar surface area (TPSA) is 0 Å². The number of allylic oxidation sites excluding steroid dienone is 2. The van der Waals surface area contributed by atoms with Gasteiger partial charge in [-0.15, -0.1) is 0 Å². The summed E-state index contributed by atoms with van der Waals surface area (Å²) in [5.41, 5.74) is 23.8. The van der Waals surface area contributed by atoms with E-state index in [1.807, 2.05) is 0 Å². The van der Waals surface area contributed by atoms with Crippen molar-refractivity contribution >= 4 is 52.3 Å². The predicted molar refractivity (Wildman–Crippen MR) is 264 cm³/mol. The number of benzene rings is 6. The molecule has 0 nitrogen and oxygen atoms in total. The summed E-state index contributed by atoms with van der Waals surface area (Å²) in [6.45, 7) is 23.0. The van der Waals surface area contributed by atoms with Gasteiger partial charge in [-0.1, -0.05) is 0 Å². The fraction of sp³-hybridized carbons (Fsp3) is 0.286. The molecule has 0 saturated carbocycles. The number of rotatable bonds is 9. The van der Waals surface area contributed by atoms with Crippen LogP contribution in [0.15, 0.2) is 114 Å². The first-order valence-corrected chi connectivity index (χ1v) is 34.1. The Labute approximate surface area is 370 Å². The van der Waals surface area contributed by atoms with Crippen LogP contribution in [0, 0.1) is 53.4 Å². The van der Waals surface area contributed by atoms with E-state index < -0.39 is 25.9 Å². The fourth-order valence-corrected chi connectivity index (χ4v) is 39.8. The molecule has 1 heterocycles. The summed E-state index contributed by atoms with van der Waals surface area (Å²) in [6.07, 6.45) is 7.18. The van der Waals surface area contributed by atoms with Gasteiger partial charge in [0.25, 0.3) is 0 Å². The van der Waals surface area contributed by atoms with Gasteiger partial charge in [0, 0.05) is 0 Å². The van der Waals surface area contributed by atoms with Crippen LogP contribution < -0.4 is 13.6 Å². The van der Waals surface area contributed by atoms with Gasteiger partial charge in [-0.25, -0.2) is 0 Å². The Balaban J connectivity index is 1.42. The second kappa shape index (κ2) is 15.4. The molecule has 0 fully saturated rings. The van der Waals surface area contributed by atoms with Crippen LogP contribution in [0.25, 0.3) is 45.5 Å². The van der Waals surface area contributed by atoms with Crippen molar-refractivity contribution in [2.24, 2.45) is 11.8 Å². The molecule has 0 bridgehead atoms. The summed E-state index contributed by atoms with van der Waals surface area (Å²) in [7, 11) is 18.1. The Kier molecular flexibility index (Phi) is 10.7. The molecular formula is C56H59Cl2SiZr. The Bertz CT molecular complexity index is 2640. The van der Waals surface area contributed by atoms with E-state index in [1.165, 1.54) is 114 Å². The Morgan fingerprint density at radius 2 is 1.00 bits per heavy atom. The molecular weight excluding hydrogens is 863 g/mol. The molecule has 2 aliphatic carbocycles. The standard InChI is InChI=1S/2C22H25.C12H9Si.2ClH.Zr/c2*1-6-16(4)19-12-18-8-7-17(5)22(21(18)13-19)20-10-14(2)9-15(3)11-20;1-3-7-11-9(5-1)10-6-2-4-8-12(10)13-11;;;/h2*7-13,16H,6H2,1-5H3;1-7H,13H2;2*1H;/q;;;;;+2/p-2. The van der Waals surface area contributed by atoms with Crippen molar-refractivity contribution in [3.8, 4) is 33.4 Å². The normalized spacial score (nSPS) is 18.6. The molecule has 9 rings (SSSR count). The van der Waals surface area contributed by atoms with Gasteiger partial charge in [-0.2, -0.15) is 0 Å². The monoisotopic (exact) mass is 919 g/mol. The van der Waals surface area contributed by atoms with Crippen molar-refractivity contribution in [2.45, 2.75) is 89.3 Å². The van der Waals surface area contributed by atoms with Gasteiger partial charge in [-0.05, 0) is 0 Å². The van der Waals surface area contributed by atoms with Gasteiger partial charge in [-0.3, -0.25) is 0 Å². The molecule has 1 aliphatic heterocycles. The predicted octanol–water partition coefficient (Wildman–Crippen LogP) is 14.0. The van der Waals surface area contributed by atoms with E-state index in [2.05, 4.69) is 185 Å². The molecule has 0 radical (unpaired) electrons. The van der Waals surface area contributed by atoms with Crippen molar-refractivity contribution < 1.29 is 16.4 Å². The van der Waals surface area contributed by atoms with Gasteiger partial charge >= 0.3 is 373 Å². The van der Waals surface area contributed by atoms with Crippen molar-refractivity contribution in [3.05, 3.63) is 170 Å². The quantitative estimate of drug-likeness (QED) is 0.127. The fourth-order valence-electron chi connectivity index (χ4n) is 11.8. The Morgan fingerprint density at radius 1 is 0.550 bits per heavy atom. The zero-order chi connectivity index (χ0) is 42.4. The van der Waals surface area contributed by atoms with Crippen LogP contribution in [0.2, 0.25) is 0 Å². The van der Waals surface area contributed by atoms with Crippen molar-refractivity contribution in [1.29, 1.82) is 0 Å². The minimum absolute atomic E-state index is 0.108. The average molecular weight is 922 g/mol. The summed E-state index contributed by atoms with van der Waals surface area (Å²) < 4.78 is 1.09. The van der Waals surface area contributed by atoms with E-state index in [9.17, 15) is 17.0 Å². The van der Waals surface area contributed by atoms with Crippen LogP contribution in [-0.4, -0.2) is 9.52 Å². The molecule has 6 aromatic carbocycles. The van der Waals surface area contributed by atoms with Crippen LogP contribution in [0.1, 0.15) is 103 Å². The maximum absolute atomic E-state index is 9.50. The number of hydrogen-bond acceptors (Lipinski definition) is 0. The molecule has 3 aliphatic rings. The number of halogens is 2. The van der Waals surface area contributed by atoms with Crippen LogP contribution in [0.3, 0.4) is 0 Å². The van der Waals surface area contributed by atoms with Crippen LogP contribution in [0.5, 0.6) is 0 Å². The summed E-state index contributed by atoms with van der Waals surface area (Å²) in [4.78, 5) is 0. The second-order valence-electron chi connectivity index (χ2n) is 18.9. The van der Waals surface area contributed by atoms with E-state index in [4.69, 9.17) is 0 Å². The second-order valence-corrected chi connectivity index (χ2v) is 41.3. The van der Waals surface area contributed by atoms with E-state index in [1.54, 1.807) is 0 Å². The zero-order valence-electron chi connectivity index (χ0n) is 37.2. The molecule has 0 saturated heterocycles. The molecule has 60 heavy (non-hydrogen) atoms. The van der Waals surface area contributed by atoms with Gasteiger partial charge in [0.2, 0.25) is 0 Å². The molecule has 305 valence electrons. The van der Waals surface area contributed by atoms with Crippen molar-refractivity contribution in [1.82, 2.24) is 0 Å². The Hall–Kier alpha value is -3.52. The van der Waals surface area contributed by atoms with Gasteiger partial charge in [0.05, 0.1) is 0 Å². The molecule has 4 atom stereocenters. The SMILES string of the molecule is CCC(C)C1=Cc2c(ccc(C)c2-c2cc(C)cc(C)c2)[CH]1[Zr]([Cl])([Cl])([c]1cccc2c1[SiH2]c1ccccc1-2)[CH]1C(C(C)CC)=Cc2c1ccc(C)c2-c1cc(C)cc(C)c1. The van der Waals surface area contributed by atoms with E-state index >= 15 is 0 Å². The van der Waals surface area contributed by atoms with Gasteiger partial charge in [0.15, 0.2) is 0 Å². The summed E-state index contributed by atoms with van der Waals surface area (Å²) in [5.74, 6) is 0.597. The zero-order valence-corrected chi connectivity index (χ0v) is 42.5. The summed E-state index contributed by atoms with van der Waals surface area (Å²) in [5, 5.41) is 2.98. The van der Waals surface area contributed by atoms with E-state index in [-0.39, 0.29) is 7.25 Å². The number of aryl methyl sites for hydroxylation is 6. The van der Waals surface area contributed by atoms with Gasteiger partial charge < -0.3 is 0 Å². The average Bonchev–Trinajstić information content (AvgIpc) is 3.92. The minimum atomic E-state index is -5.73. The number of hydrogen-bond donors (Lipinski definition) is 0. The third-order valence-corrected chi connectivity index (χ3v) is 37.3. The maximum atomic E-state index is 9.50. The first-order valence-electron chi connectivity index (χ1n) is 22.3. The van der Waals surface area contributed by atoms with Crippen LogP contribution in [-0.2, 0) is 16.4 Å². The third kappa shape index (κ3) is 6.45. The van der Waals surface area contributed by atoms with Crippen LogP contribution in [0.4, 0.5) is 0 Å². The number of fused-ring (bicyclic) bond motifs is 5. The first kappa shape index (κ1) is 41.8. The van der Waals surface area contributed by atoms with E-state index in [0.717, 1.165) is 12.8 Å². The van der Waals surface area contributed by atoms with Gasteiger partial charge in [0.1, 0.15) is 0 Å². The van der Waals surface area contributed by atoms with Crippen LogP contribution >= 0.6 is 17.0 Å². The molecule has 0 aromatic heterocycles. The molecule has 0 N–H and O–H groups in total. The molecule has 0 spiro atoms. The molecule has 4 unspecified atom stereocenters. The van der Waals surface area contributed by atoms with Crippen molar-refractivity contribution in [3.63, 3.8) is 0 Å². The summed E-state index contributed by atoms with van der Waals surface area (Å²) >= 11 is -5.73. The first-order chi connectivity index (χ1) is 28.6. The Morgan fingerprint density at radius 3 is 1.47 bits per heavy atom. The molecule has 6 aromatic rings. The van der Waals surface area contributed by atoms with E-state index in [0.29, 0.717) is 11.8 Å². The van der Waals surface area contributed by atoms with Crippen molar-refractivity contribution in [2.75, 3.05) is 0 Å². The molecule has 0 amide bonds.